The maximum absolute atomic E-state index is 2.12. The number of hydrogen-bond donors (Lipinski definition) is 0. The van der Waals surface area contributed by atoms with Gasteiger partial charge in [-0.25, -0.2) is 0 Å². The van der Waals surface area contributed by atoms with E-state index >= 15 is 0 Å². The molecule has 2 nitrogen and oxygen atoms in total. The molecule has 8 heavy (non-hydrogen) atoms. The van der Waals surface area contributed by atoms with Crippen molar-refractivity contribution in [1.82, 2.24) is 9.80 Å². The smallest absolute Gasteiger partial charge is 0.0887 e. The Kier molecular flexibility index (Phi) is 2.95. The molecule has 0 aliphatic carbocycles. The van der Waals surface area contributed by atoms with Gasteiger partial charge in [0.05, 0.1) is 6.67 Å². The van der Waals surface area contributed by atoms with E-state index in [0.29, 0.717) is 0 Å². The van der Waals surface area contributed by atoms with Gasteiger partial charge in [-0.1, -0.05) is 0 Å². The minimum absolute atomic E-state index is 0. The van der Waals surface area contributed by atoms with Crippen LogP contribution >= 0.6 is 0 Å². The summed E-state index contributed by atoms with van der Waals surface area (Å²) in [5.74, 6) is 0. The van der Waals surface area contributed by atoms with Crippen molar-refractivity contribution < 1.29 is 17.1 Å². The molecular formula is C5H10MnN2. The summed E-state index contributed by atoms with van der Waals surface area (Å²) in [4.78, 5) is 4.25. The fourth-order valence-corrected chi connectivity index (χ4v) is 0.674. The average Bonchev–Trinajstić information content (AvgIpc) is 1.87. The van der Waals surface area contributed by atoms with E-state index in [4.69, 9.17) is 0 Å². The zero-order valence-electron chi connectivity index (χ0n) is 5.13. The van der Waals surface area contributed by atoms with Crippen molar-refractivity contribution in [3.8, 4) is 0 Å². The maximum Gasteiger partial charge on any atom is 0.0887 e. The Balaban J connectivity index is 0.000000490. The van der Waals surface area contributed by atoms with Crippen molar-refractivity contribution >= 4 is 0 Å². The molecule has 1 aliphatic heterocycles. The van der Waals surface area contributed by atoms with Crippen molar-refractivity contribution in [1.29, 1.82) is 0 Å². The second-order valence-electron chi connectivity index (χ2n) is 1.95. The molecule has 0 fully saturated rings. The molecule has 0 amide bonds. The fraction of sp³-hybridized carbons (Fsp3) is 0.600. The van der Waals surface area contributed by atoms with Gasteiger partial charge in [0, 0.05) is 43.6 Å². The Morgan fingerprint density at radius 1 is 1.12 bits per heavy atom. The van der Waals surface area contributed by atoms with Crippen LogP contribution in [-0.2, 0) is 17.1 Å². The third-order valence-electron chi connectivity index (χ3n) is 1.02. The fourth-order valence-electron chi connectivity index (χ4n) is 0.674. The normalized spacial score (nSPS) is 16.8. The molecule has 1 rings (SSSR count). The minimum Gasteiger partial charge on any atom is -0.362 e. The van der Waals surface area contributed by atoms with Gasteiger partial charge < -0.3 is 9.80 Å². The summed E-state index contributed by atoms with van der Waals surface area (Å²) in [5.41, 5.74) is 0. The zero-order chi connectivity index (χ0) is 5.28. The number of nitrogens with zero attached hydrogens (tertiary/aromatic N) is 2. The van der Waals surface area contributed by atoms with E-state index in [2.05, 4.69) is 36.3 Å². The Morgan fingerprint density at radius 2 is 1.50 bits per heavy atom. The van der Waals surface area contributed by atoms with Crippen molar-refractivity contribution in [2.24, 2.45) is 0 Å². The molecule has 0 aromatic rings. The summed E-state index contributed by atoms with van der Waals surface area (Å²) in [6.45, 7) is 1.03. The maximum atomic E-state index is 2.12. The zero-order valence-corrected chi connectivity index (χ0v) is 6.31. The summed E-state index contributed by atoms with van der Waals surface area (Å²) >= 11 is 0. The molecule has 0 saturated heterocycles. The van der Waals surface area contributed by atoms with Gasteiger partial charge in [0.25, 0.3) is 0 Å². The third-order valence-corrected chi connectivity index (χ3v) is 1.02. The molecule has 0 N–H and O–H groups in total. The average molecular weight is 153 g/mol. The van der Waals surface area contributed by atoms with E-state index in [1.807, 2.05) is 0 Å². The van der Waals surface area contributed by atoms with E-state index in [9.17, 15) is 0 Å². The van der Waals surface area contributed by atoms with Crippen molar-refractivity contribution in [3.63, 3.8) is 0 Å². The topological polar surface area (TPSA) is 6.48 Å². The van der Waals surface area contributed by atoms with Crippen LogP contribution in [0.15, 0.2) is 12.4 Å². The molecule has 3 heteroatoms. The van der Waals surface area contributed by atoms with Crippen LogP contribution in [0.4, 0.5) is 0 Å². The van der Waals surface area contributed by atoms with Crippen LogP contribution in [0.2, 0.25) is 0 Å². The second-order valence-corrected chi connectivity index (χ2v) is 1.95. The van der Waals surface area contributed by atoms with Gasteiger partial charge in [-0.3, -0.25) is 0 Å². The van der Waals surface area contributed by atoms with Gasteiger partial charge in [0.2, 0.25) is 0 Å². The SMILES string of the molecule is CN1C=CN(C)C1.[Mn]. The van der Waals surface area contributed by atoms with Crippen molar-refractivity contribution in [2.45, 2.75) is 0 Å². The largest absolute Gasteiger partial charge is 0.362 e. The first-order chi connectivity index (χ1) is 3.29. The Morgan fingerprint density at radius 3 is 1.62 bits per heavy atom. The summed E-state index contributed by atoms with van der Waals surface area (Å²) in [6.07, 6.45) is 4.11. The molecule has 1 radical (unpaired) electrons. The van der Waals surface area contributed by atoms with Crippen LogP contribution in [0.25, 0.3) is 0 Å². The predicted molar refractivity (Wildman–Crippen MR) is 29.5 cm³/mol. The number of rotatable bonds is 0. The first kappa shape index (κ1) is 7.86. The summed E-state index contributed by atoms with van der Waals surface area (Å²) < 4.78 is 0. The van der Waals surface area contributed by atoms with Crippen LogP contribution in [0, 0.1) is 0 Å². The monoisotopic (exact) mass is 153 g/mol. The molecule has 1 heterocycles. The van der Waals surface area contributed by atoms with Crippen LogP contribution in [0.3, 0.4) is 0 Å². The summed E-state index contributed by atoms with van der Waals surface area (Å²) in [6, 6.07) is 0. The molecular weight excluding hydrogens is 143 g/mol. The molecule has 0 bridgehead atoms. The molecule has 47 valence electrons. The molecule has 0 aromatic heterocycles. The van der Waals surface area contributed by atoms with Gasteiger partial charge in [0.15, 0.2) is 0 Å². The summed E-state index contributed by atoms with van der Waals surface area (Å²) in [5, 5.41) is 0. The number of hydrogen-bond acceptors (Lipinski definition) is 2. The van der Waals surface area contributed by atoms with Crippen molar-refractivity contribution in [2.75, 3.05) is 20.8 Å². The van der Waals surface area contributed by atoms with Gasteiger partial charge in [-0.2, -0.15) is 0 Å². The van der Waals surface area contributed by atoms with E-state index in [1.165, 1.54) is 0 Å². The minimum atomic E-state index is 0. The molecule has 0 unspecified atom stereocenters. The van der Waals surface area contributed by atoms with Crippen LogP contribution in [-0.4, -0.2) is 30.6 Å². The van der Waals surface area contributed by atoms with Crippen LogP contribution < -0.4 is 0 Å². The Labute approximate surface area is 60.6 Å². The first-order valence-electron chi connectivity index (χ1n) is 2.38. The Hall–Kier alpha value is -0.141. The van der Waals surface area contributed by atoms with Gasteiger partial charge >= 0.3 is 0 Å². The van der Waals surface area contributed by atoms with Gasteiger partial charge in [0.1, 0.15) is 0 Å². The molecule has 0 atom stereocenters. The molecule has 0 aromatic carbocycles. The van der Waals surface area contributed by atoms with Crippen molar-refractivity contribution in [3.05, 3.63) is 12.4 Å². The predicted octanol–water partition coefficient (Wildman–Crippen LogP) is 0.290. The quantitative estimate of drug-likeness (QED) is 0.461. The van der Waals surface area contributed by atoms with Gasteiger partial charge in [-0.05, 0) is 0 Å². The van der Waals surface area contributed by atoms with E-state index < -0.39 is 0 Å². The third kappa shape index (κ3) is 1.76. The molecule has 0 saturated carbocycles. The second kappa shape index (κ2) is 3.00. The Bertz CT molecular complexity index is 82.4. The summed E-state index contributed by atoms with van der Waals surface area (Å²) in [7, 11) is 4.11. The van der Waals surface area contributed by atoms with Gasteiger partial charge in [-0.15, -0.1) is 0 Å². The standard InChI is InChI=1S/C5H10N2.Mn/c1-6-3-4-7(2)5-6;/h3-4H,5H2,1-2H3;. The first-order valence-corrected chi connectivity index (χ1v) is 2.38. The molecule has 1 aliphatic rings. The van der Waals surface area contributed by atoms with Crippen LogP contribution in [0.1, 0.15) is 0 Å². The molecule has 0 spiro atoms. The van der Waals surface area contributed by atoms with E-state index in [1.54, 1.807) is 0 Å². The van der Waals surface area contributed by atoms with E-state index in [-0.39, 0.29) is 17.1 Å². The van der Waals surface area contributed by atoms with E-state index in [0.717, 1.165) is 6.67 Å². The van der Waals surface area contributed by atoms with Crippen LogP contribution in [0.5, 0.6) is 0 Å².